The van der Waals surface area contributed by atoms with Crippen LogP contribution in [-0.4, -0.2) is 24.3 Å². The highest BCUT2D eigenvalue weighted by Crippen LogP contribution is 2.57. The molecule has 2 aliphatic rings. The largest absolute Gasteiger partial charge is 0.465 e. The van der Waals surface area contributed by atoms with Crippen molar-refractivity contribution < 1.29 is 14.6 Å². The highest BCUT2D eigenvalue weighted by Gasteiger charge is 2.65. The molecule has 3 nitrogen and oxygen atoms in total. The minimum atomic E-state index is -0.444. The van der Waals surface area contributed by atoms with Crippen molar-refractivity contribution in [2.45, 2.75) is 6.42 Å². The Labute approximate surface area is 52.6 Å². The fourth-order valence-electron chi connectivity index (χ4n) is 1.43. The number of hydrogen-bond donors (Lipinski definition) is 1. The standard InChI is InChI=1S/C6H8O3/c7-3-6-1-4(6)2-9-5(6)8/h4,7H,1-3H2/t4-,6+/m1/s1. The smallest absolute Gasteiger partial charge is 0.314 e. The maximum absolute atomic E-state index is 10.8. The van der Waals surface area contributed by atoms with Gasteiger partial charge in [0.2, 0.25) is 0 Å². The summed E-state index contributed by atoms with van der Waals surface area (Å²) in [6, 6.07) is 0. The number of fused-ring (bicyclic) bond motifs is 1. The van der Waals surface area contributed by atoms with Crippen molar-refractivity contribution in [1.29, 1.82) is 0 Å². The van der Waals surface area contributed by atoms with Crippen molar-refractivity contribution in [2.75, 3.05) is 13.2 Å². The Kier molecular flexibility index (Phi) is 0.750. The first-order valence-corrected chi connectivity index (χ1v) is 3.08. The highest BCUT2D eigenvalue weighted by atomic mass is 16.5. The number of hydrogen-bond acceptors (Lipinski definition) is 3. The van der Waals surface area contributed by atoms with Crippen LogP contribution in [0.25, 0.3) is 0 Å². The van der Waals surface area contributed by atoms with E-state index in [9.17, 15) is 4.79 Å². The lowest BCUT2D eigenvalue weighted by atomic mass is 10.1. The normalized spacial score (nSPS) is 46.3. The first-order chi connectivity index (χ1) is 4.29. The van der Waals surface area contributed by atoms with Crippen LogP contribution in [-0.2, 0) is 9.53 Å². The molecule has 0 spiro atoms. The van der Waals surface area contributed by atoms with E-state index < -0.39 is 5.41 Å². The zero-order valence-electron chi connectivity index (χ0n) is 4.96. The Morgan fingerprint density at radius 3 is 2.89 bits per heavy atom. The number of esters is 1. The molecule has 1 heterocycles. The van der Waals surface area contributed by atoms with Gasteiger partial charge < -0.3 is 9.84 Å². The van der Waals surface area contributed by atoms with Crippen molar-refractivity contribution in [3.05, 3.63) is 0 Å². The fourth-order valence-corrected chi connectivity index (χ4v) is 1.43. The molecule has 2 atom stereocenters. The SMILES string of the molecule is O=C1OC[C@H]2C[C@@]12CO. The molecule has 3 heteroatoms. The van der Waals surface area contributed by atoms with Crippen molar-refractivity contribution in [3.63, 3.8) is 0 Å². The van der Waals surface area contributed by atoms with Crippen molar-refractivity contribution in [1.82, 2.24) is 0 Å². The van der Waals surface area contributed by atoms with Crippen LogP contribution in [0.5, 0.6) is 0 Å². The van der Waals surface area contributed by atoms with Crippen LogP contribution in [0.1, 0.15) is 6.42 Å². The summed E-state index contributed by atoms with van der Waals surface area (Å²) >= 11 is 0. The van der Waals surface area contributed by atoms with Crippen molar-refractivity contribution >= 4 is 5.97 Å². The van der Waals surface area contributed by atoms with Crippen LogP contribution in [0.3, 0.4) is 0 Å². The van der Waals surface area contributed by atoms with Crippen LogP contribution in [0.4, 0.5) is 0 Å². The summed E-state index contributed by atoms with van der Waals surface area (Å²) in [6.07, 6.45) is 0.836. The number of carbonyl (C=O) groups is 1. The predicted molar refractivity (Wildman–Crippen MR) is 28.6 cm³/mol. The summed E-state index contributed by atoms with van der Waals surface area (Å²) in [5.74, 6) is 0.130. The average Bonchev–Trinajstić information content (AvgIpc) is 2.52. The quantitative estimate of drug-likeness (QED) is 0.486. The van der Waals surface area contributed by atoms with Gasteiger partial charge in [-0.3, -0.25) is 4.79 Å². The van der Waals surface area contributed by atoms with E-state index in [1.165, 1.54) is 0 Å². The number of ether oxygens (including phenoxy) is 1. The lowest BCUT2D eigenvalue weighted by Gasteiger charge is -2.01. The fraction of sp³-hybridized carbons (Fsp3) is 0.833. The molecular weight excluding hydrogens is 120 g/mol. The second-order valence-electron chi connectivity index (χ2n) is 2.81. The number of carbonyl (C=O) groups excluding carboxylic acids is 1. The summed E-state index contributed by atoms with van der Waals surface area (Å²) in [5.41, 5.74) is -0.444. The lowest BCUT2D eigenvalue weighted by molar-refractivity contribution is -0.146. The summed E-state index contributed by atoms with van der Waals surface area (Å²) in [4.78, 5) is 10.8. The van der Waals surface area contributed by atoms with Gasteiger partial charge in [-0.15, -0.1) is 0 Å². The van der Waals surface area contributed by atoms with E-state index in [0.717, 1.165) is 6.42 Å². The zero-order valence-corrected chi connectivity index (χ0v) is 4.96. The van der Waals surface area contributed by atoms with E-state index >= 15 is 0 Å². The first kappa shape index (κ1) is 5.23. The molecule has 0 aromatic rings. The number of cyclic esters (lactones) is 1. The number of aliphatic hydroxyl groups excluding tert-OH is 1. The van der Waals surface area contributed by atoms with E-state index in [2.05, 4.69) is 0 Å². The Balaban J connectivity index is 2.23. The van der Waals surface area contributed by atoms with Crippen molar-refractivity contribution in [2.24, 2.45) is 11.3 Å². The second-order valence-corrected chi connectivity index (χ2v) is 2.81. The van der Waals surface area contributed by atoms with Crippen LogP contribution in [0, 0.1) is 11.3 Å². The molecular formula is C6H8O3. The zero-order chi connectivity index (χ0) is 6.48. The molecule has 1 N–H and O–H groups in total. The Hall–Kier alpha value is -0.570. The highest BCUT2D eigenvalue weighted by molar-refractivity contribution is 5.83. The molecule has 0 aromatic heterocycles. The third-order valence-corrected chi connectivity index (χ3v) is 2.34. The van der Waals surface area contributed by atoms with Gasteiger partial charge >= 0.3 is 5.97 Å². The van der Waals surface area contributed by atoms with Gasteiger partial charge in [0.05, 0.1) is 18.6 Å². The van der Waals surface area contributed by atoms with Gasteiger partial charge in [0.15, 0.2) is 0 Å². The Morgan fingerprint density at radius 2 is 2.67 bits per heavy atom. The number of rotatable bonds is 1. The van der Waals surface area contributed by atoms with Crippen LogP contribution in [0.15, 0.2) is 0 Å². The summed E-state index contributed by atoms with van der Waals surface area (Å²) in [5, 5.41) is 8.74. The molecule has 0 unspecified atom stereocenters. The molecule has 2 rings (SSSR count). The first-order valence-electron chi connectivity index (χ1n) is 3.08. The topological polar surface area (TPSA) is 46.5 Å². The van der Waals surface area contributed by atoms with E-state index in [4.69, 9.17) is 9.84 Å². The second kappa shape index (κ2) is 1.29. The molecule has 1 aliphatic heterocycles. The van der Waals surface area contributed by atoms with Gasteiger partial charge in [0, 0.05) is 5.92 Å². The summed E-state index contributed by atoms with van der Waals surface area (Å²) in [6.45, 7) is 0.496. The molecule has 9 heavy (non-hydrogen) atoms. The van der Waals surface area contributed by atoms with E-state index in [0.29, 0.717) is 12.5 Å². The maximum Gasteiger partial charge on any atom is 0.314 e. The molecule has 2 fully saturated rings. The lowest BCUT2D eigenvalue weighted by Crippen LogP contribution is -2.17. The van der Waals surface area contributed by atoms with Crippen LogP contribution >= 0.6 is 0 Å². The van der Waals surface area contributed by atoms with Gasteiger partial charge in [-0.05, 0) is 6.42 Å². The predicted octanol–water partition coefficient (Wildman–Crippen LogP) is -0.458. The Morgan fingerprint density at radius 1 is 1.89 bits per heavy atom. The minimum Gasteiger partial charge on any atom is -0.465 e. The van der Waals surface area contributed by atoms with Gasteiger partial charge in [0.25, 0.3) is 0 Å². The molecule has 0 amide bonds. The van der Waals surface area contributed by atoms with E-state index in [1.807, 2.05) is 0 Å². The molecule has 0 bridgehead atoms. The minimum absolute atomic E-state index is 0.0312. The van der Waals surface area contributed by atoms with Gasteiger partial charge in [-0.1, -0.05) is 0 Å². The van der Waals surface area contributed by atoms with Gasteiger partial charge in [0.1, 0.15) is 0 Å². The molecule has 0 aromatic carbocycles. The Bertz CT molecular complexity index is 162. The third kappa shape index (κ3) is 0.435. The van der Waals surface area contributed by atoms with E-state index in [1.54, 1.807) is 0 Å². The average molecular weight is 128 g/mol. The molecule has 1 saturated carbocycles. The molecule has 1 saturated heterocycles. The monoisotopic (exact) mass is 128 g/mol. The van der Waals surface area contributed by atoms with E-state index in [-0.39, 0.29) is 12.6 Å². The molecule has 1 aliphatic carbocycles. The third-order valence-electron chi connectivity index (χ3n) is 2.34. The van der Waals surface area contributed by atoms with Crippen LogP contribution in [0.2, 0.25) is 0 Å². The summed E-state index contributed by atoms with van der Waals surface area (Å²) in [7, 11) is 0. The molecule has 0 radical (unpaired) electrons. The number of aliphatic hydroxyl groups is 1. The molecule has 50 valence electrons. The van der Waals surface area contributed by atoms with Crippen LogP contribution < -0.4 is 0 Å². The summed E-state index contributed by atoms with van der Waals surface area (Å²) < 4.78 is 4.71. The van der Waals surface area contributed by atoms with Gasteiger partial charge in [-0.2, -0.15) is 0 Å². The van der Waals surface area contributed by atoms with Gasteiger partial charge in [-0.25, -0.2) is 0 Å². The maximum atomic E-state index is 10.8. The van der Waals surface area contributed by atoms with Crippen molar-refractivity contribution in [3.8, 4) is 0 Å².